The molecule has 2 aromatic heterocycles. The van der Waals surface area contributed by atoms with Gasteiger partial charge in [0, 0.05) is 6.92 Å². The van der Waals surface area contributed by atoms with E-state index in [0.717, 1.165) is 0 Å². The van der Waals surface area contributed by atoms with Crippen molar-refractivity contribution in [3.8, 4) is 0 Å². The third kappa shape index (κ3) is 3.59. The quantitative estimate of drug-likeness (QED) is 0.789. The fraction of sp³-hybridized carbons (Fsp3) is 0.125. The average molecular weight is 335 g/mol. The molecule has 2 rings (SSSR count). The van der Waals surface area contributed by atoms with Crippen LogP contribution in [0.3, 0.4) is 0 Å². The average Bonchev–Trinajstić information content (AvgIpc) is 2.80. The minimum absolute atomic E-state index is 0.00863. The number of anilines is 2. The molecule has 0 spiro atoms. The number of nitrogens with zero attached hydrogens (tertiary/aromatic N) is 4. The highest BCUT2D eigenvalue weighted by Gasteiger charge is 2.21. The Hall–Kier alpha value is -1.85. The maximum absolute atomic E-state index is 12.0. The van der Waals surface area contributed by atoms with Gasteiger partial charge in [0.05, 0.1) is 0 Å². The van der Waals surface area contributed by atoms with Crippen molar-refractivity contribution in [1.82, 2.24) is 20.4 Å². The first kappa shape index (κ1) is 14.6. The van der Waals surface area contributed by atoms with Crippen LogP contribution in [0.2, 0.25) is 5.15 Å². The predicted molar refractivity (Wildman–Crippen MR) is 72.1 cm³/mol. The van der Waals surface area contributed by atoms with Crippen molar-refractivity contribution in [2.75, 3.05) is 10.0 Å². The number of hydrogen-bond acceptors (Lipinski definition) is 8. The molecular weight excluding hydrogens is 328 g/mol. The Balaban J connectivity index is 2.19. The van der Waals surface area contributed by atoms with Crippen LogP contribution in [-0.2, 0) is 14.8 Å². The molecule has 0 aliphatic carbocycles. The van der Waals surface area contributed by atoms with Gasteiger partial charge in [-0.05, 0) is 12.1 Å². The summed E-state index contributed by atoms with van der Waals surface area (Å²) in [5.74, 6) is -0.382. The summed E-state index contributed by atoms with van der Waals surface area (Å²) in [5.41, 5.74) is 0. The van der Waals surface area contributed by atoms with Crippen LogP contribution in [0.15, 0.2) is 16.5 Å². The molecule has 0 aliphatic rings. The summed E-state index contributed by atoms with van der Waals surface area (Å²) in [6.45, 7) is 1.27. The van der Waals surface area contributed by atoms with Crippen LogP contribution in [0.1, 0.15) is 6.92 Å². The van der Waals surface area contributed by atoms with Crippen LogP contribution < -0.4 is 10.0 Å². The molecule has 0 saturated heterocycles. The van der Waals surface area contributed by atoms with Gasteiger partial charge >= 0.3 is 0 Å². The molecule has 1 amide bonds. The van der Waals surface area contributed by atoms with Crippen LogP contribution in [0.4, 0.5) is 10.9 Å². The highest BCUT2D eigenvalue weighted by molar-refractivity contribution is 7.94. The van der Waals surface area contributed by atoms with Crippen molar-refractivity contribution in [2.24, 2.45) is 0 Å². The van der Waals surface area contributed by atoms with E-state index in [9.17, 15) is 13.2 Å². The van der Waals surface area contributed by atoms with E-state index in [1.54, 1.807) is 0 Å². The Morgan fingerprint density at radius 3 is 2.60 bits per heavy atom. The Morgan fingerprint density at radius 2 is 2.00 bits per heavy atom. The van der Waals surface area contributed by atoms with Crippen molar-refractivity contribution >= 4 is 49.8 Å². The number of halogens is 1. The number of sulfonamides is 1. The van der Waals surface area contributed by atoms with Crippen molar-refractivity contribution in [3.63, 3.8) is 0 Å². The molecule has 0 fully saturated rings. The molecule has 0 radical (unpaired) electrons. The Kier molecular flexibility index (Phi) is 4.11. The monoisotopic (exact) mass is 334 g/mol. The van der Waals surface area contributed by atoms with E-state index in [0.29, 0.717) is 11.3 Å². The van der Waals surface area contributed by atoms with Crippen LogP contribution >= 0.6 is 22.9 Å². The molecule has 2 N–H and O–H groups in total. The van der Waals surface area contributed by atoms with Crippen molar-refractivity contribution < 1.29 is 13.2 Å². The minimum atomic E-state index is -3.94. The Morgan fingerprint density at radius 1 is 1.25 bits per heavy atom. The number of aromatic nitrogens is 4. The molecule has 0 aromatic carbocycles. The maximum Gasteiger partial charge on any atom is 0.292 e. The van der Waals surface area contributed by atoms with Gasteiger partial charge in [0.2, 0.25) is 11.0 Å². The van der Waals surface area contributed by atoms with Crippen LogP contribution in [-0.4, -0.2) is 34.7 Å². The smallest absolute Gasteiger partial charge is 0.292 e. The standard InChI is InChI=1S/C8H7ClN6O3S2/c1-4(16)10-7-13-14-8(19-7)20(17,18)15-6-3-2-5(9)11-12-6/h2-3H,1H3,(H,12,15)(H,10,13,16). The number of rotatable bonds is 4. The lowest BCUT2D eigenvalue weighted by Crippen LogP contribution is -2.14. The van der Waals surface area contributed by atoms with Crippen LogP contribution in [0.5, 0.6) is 0 Å². The van der Waals surface area contributed by atoms with Gasteiger partial charge in [-0.2, -0.15) is 8.42 Å². The Labute approximate surface area is 122 Å². The first-order valence-electron chi connectivity index (χ1n) is 5.00. The molecule has 9 nitrogen and oxygen atoms in total. The zero-order valence-corrected chi connectivity index (χ0v) is 12.3. The van der Waals surface area contributed by atoms with E-state index in [2.05, 4.69) is 30.4 Å². The number of amides is 1. The molecular formula is C8H7ClN6O3S2. The summed E-state index contributed by atoms with van der Waals surface area (Å²) in [7, 11) is -3.94. The third-order valence-electron chi connectivity index (χ3n) is 1.79. The summed E-state index contributed by atoms with van der Waals surface area (Å²) >= 11 is 6.25. The second-order valence-corrected chi connectivity index (χ2v) is 6.62. The molecule has 0 saturated carbocycles. The van der Waals surface area contributed by atoms with Gasteiger partial charge in [-0.1, -0.05) is 22.9 Å². The van der Waals surface area contributed by atoms with Crippen molar-refractivity contribution in [2.45, 2.75) is 11.3 Å². The fourth-order valence-corrected chi connectivity index (χ4v) is 3.12. The zero-order valence-electron chi connectivity index (χ0n) is 9.86. The summed E-state index contributed by atoms with van der Waals surface area (Å²) in [4.78, 5) is 10.8. The molecule has 20 heavy (non-hydrogen) atoms. The summed E-state index contributed by atoms with van der Waals surface area (Å²) < 4.78 is 25.8. The second kappa shape index (κ2) is 5.64. The summed E-state index contributed by atoms with van der Waals surface area (Å²) in [6.07, 6.45) is 0. The summed E-state index contributed by atoms with van der Waals surface area (Å²) in [6, 6.07) is 2.73. The largest absolute Gasteiger partial charge is 0.301 e. The SMILES string of the molecule is CC(=O)Nc1nnc(S(=O)(=O)Nc2ccc(Cl)nn2)s1. The highest BCUT2D eigenvalue weighted by Crippen LogP contribution is 2.21. The van der Waals surface area contributed by atoms with Gasteiger partial charge in [-0.3, -0.25) is 9.52 Å². The lowest BCUT2D eigenvalue weighted by molar-refractivity contribution is -0.114. The van der Waals surface area contributed by atoms with E-state index in [1.807, 2.05) is 0 Å². The van der Waals surface area contributed by atoms with E-state index < -0.39 is 10.0 Å². The van der Waals surface area contributed by atoms with Gasteiger partial charge in [-0.15, -0.1) is 20.4 Å². The van der Waals surface area contributed by atoms with Gasteiger partial charge in [-0.25, -0.2) is 0 Å². The number of carbonyl (C=O) groups is 1. The van der Waals surface area contributed by atoms with Crippen LogP contribution in [0, 0.1) is 0 Å². The van der Waals surface area contributed by atoms with Gasteiger partial charge < -0.3 is 5.32 Å². The highest BCUT2D eigenvalue weighted by atomic mass is 35.5. The van der Waals surface area contributed by atoms with Gasteiger partial charge in [0.1, 0.15) is 0 Å². The van der Waals surface area contributed by atoms with E-state index in [1.165, 1.54) is 19.1 Å². The fourth-order valence-electron chi connectivity index (χ4n) is 1.07. The molecule has 0 atom stereocenters. The second-order valence-electron chi connectivity index (χ2n) is 3.40. The first-order valence-corrected chi connectivity index (χ1v) is 7.68. The lowest BCUT2D eigenvalue weighted by atomic mass is 10.5. The van der Waals surface area contributed by atoms with Crippen molar-refractivity contribution in [1.29, 1.82) is 0 Å². The molecule has 12 heteroatoms. The topological polar surface area (TPSA) is 127 Å². The Bertz CT molecular complexity index is 729. The minimum Gasteiger partial charge on any atom is -0.301 e. The molecule has 2 aromatic rings. The van der Waals surface area contributed by atoms with E-state index >= 15 is 0 Å². The first-order chi connectivity index (χ1) is 9.37. The van der Waals surface area contributed by atoms with E-state index in [4.69, 9.17) is 11.6 Å². The molecule has 0 aliphatic heterocycles. The molecule has 0 bridgehead atoms. The number of carbonyl (C=O) groups excluding carboxylic acids is 1. The molecule has 2 heterocycles. The zero-order chi connectivity index (χ0) is 14.8. The van der Waals surface area contributed by atoms with Crippen LogP contribution in [0.25, 0.3) is 0 Å². The summed E-state index contributed by atoms with van der Waals surface area (Å²) in [5, 5.41) is 16.6. The van der Waals surface area contributed by atoms with Crippen molar-refractivity contribution in [3.05, 3.63) is 17.3 Å². The van der Waals surface area contributed by atoms with E-state index in [-0.39, 0.29) is 26.3 Å². The lowest BCUT2D eigenvalue weighted by Gasteiger charge is -2.02. The number of hydrogen-bond donors (Lipinski definition) is 2. The predicted octanol–water partition coefficient (Wildman–Crippen LogP) is 0.741. The number of nitrogens with one attached hydrogen (secondary N) is 2. The van der Waals surface area contributed by atoms with Gasteiger partial charge in [0.25, 0.3) is 14.4 Å². The van der Waals surface area contributed by atoms with Gasteiger partial charge in [0.15, 0.2) is 11.0 Å². The maximum atomic E-state index is 12.0. The molecule has 0 unspecified atom stereocenters. The molecule has 106 valence electrons. The third-order valence-corrected chi connectivity index (χ3v) is 4.55. The normalized spacial score (nSPS) is 11.1.